The van der Waals surface area contributed by atoms with Crippen molar-refractivity contribution in [2.24, 2.45) is 0 Å². The van der Waals surface area contributed by atoms with Crippen molar-refractivity contribution >= 4 is 16.8 Å². The van der Waals surface area contributed by atoms with E-state index in [1.807, 2.05) is 55.4 Å². The lowest BCUT2D eigenvalue weighted by Crippen LogP contribution is -2.32. The number of carbonyl (C=O) groups excluding carboxylic acids is 1. The molecule has 0 saturated heterocycles. The molecule has 4 nitrogen and oxygen atoms in total. The fourth-order valence-electron chi connectivity index (χ4n) is 1.85. The molecular weight excluding hydrogens is 238 g/mol. The topological polar surface area (TPSA) is 45.2 Å². The van der Waals surface area contributed by atoms with Gasteiger partial charge in [-0.15, -0.1) is 0 Å². The number of benzene rings is 1. The number of nitrogens with zero attached hydrogens (tertiary/aromatic N) is 2. The average Bonchev–Trinajstić information content (AvgIpc) is 2.38. The lowest BCUT2D eigenvalue weighted by molar-refractivity contribution is -0.120. The number of amides is 1. The smallest absolute Gasteiger partial charge is 0.226 e. The molecule has 0 atom stereocenters. The molecule has 0 bridgehead atoms. The summed E-state index contributed by atoms with van der Waals surface area (Å²) < 4.78 is 0. The Morgan fingerprint density at radius 2 is 2.00 bits per heavy atom. The minimum absolute atomic E-state index is 0.0182. The van der Waals surface area contributed by atoms with E-state index in [1.54, 1.807) is 0 Å². The van der Waals surface area contributed by atoms with Crippen molar-refractivity contribution < 1.29 is 4.79 Å². The second kappa shape index (κ2) is 6.29. The third-order valence-electron chi connectivity index (χ3n) is 2.88. The summed E-state index contributed by atoms with van der Waals surface area (Å²) >= 11 is 0. The number of hydrogen-bond acceptors (Lipinski definition) is 3. The summed E-state index contributed by atoms with van der Waals surface area (Å²) in [5.41, 5.74) is 1.74. The van der Waals surface area contributed by atoms with Gasteiger partial charge in [-0.25, -0.2) is 0 Å². The quantitative estimate of drug-likeness (QED) is 0.882. The van der Waals surface area contributed by atoms with Gasteiger partial charge in [0.25, 0.3) is 0 Å². The van der Waals surface area contributed by atoms with Gasteiger partial charge < -0.3 is 10.2 Å². The van der Waals surface area contributed by atoms with Crippen LogP contribution in [0.1, 0.15) is 5.69 Å². The van der Waals surface area contributed by atoms with Crippen molar-refractivity contribution in [3.63, 3.8) is 0 Å². The van der Waals surface area contributed by atoms with E-state index >= 15 is 0 Å². The fourth-order valence-corrected chi connectivity index (χ4v) is 1.85. The van der Waals surface area contributed by atoms with E-state index < -0.39 is 0 Å². The van der Waals surface area contributed by atoms with E-state index in [0.717, 1.165) is 23.1 Å². The summed E-state index contributed by atoms with van der Waals surface area (Å²) in [5.74, 6) is 0.0182. The van der Waals surface area contributed by atoms with Crippen molar-refractivity contribution in [3.05, 3.63) is 42.1 Å². The number of fused-ring (bicyclic) bond motifs is 1. The van der Waals surface area contributed by atoms with Crippen molar-refractivity contribution in [1.29, 1.82) is 0 Å². The Bertz CT molecular complexity index is 566. The largest absolute Gasteiger partial charge is 0.354 e. The molecule has 1 aromatic heterocycles. The van der Waals surface area contributed by atoms with Gasteiger partial charge in [0.15, 0.2) is 0 Å². The number of carbonyl (C=O) groups is 1. The second-order valence-corrected chi connectivity index (χ2v) is 4.83. The van der Waals surface area contributed by atoms with Crippen LogP contribution in [0.4, 0.5) is 0 Å². The lowest BCUT2D eigenvalue weighted by Gasteiger charge is -2.10. The fraction of sp³-hybridized carbons (Fsp3) is 0.333. The van der Waals surface area contributed by atoms with Crippen LogP contribution in [0.2, 0.25) is 0 Å². The number of rotatable bonds is 5. The zero-order chi connectivity index (χ0) is 13.7. The molecule has 1 amide bonds. The molecule has 0 aliphatic heterocycles. The lowest BCUT2D eigenvalue weighted by atomic mass is 10.2. The maximum absolute atomic E-state index is 11.8. The Labute approximate surface area is 113 Å². The first-order valence-corrected chi connectivity index (χ1v) is 6.41. The van der Waals surface area contributed by atoms with Crippen molar-refractivity contribution in [2.75, 3.05) is 27.2 Å². The van der Waals surface area contributed by atoms with E-state index in [1.165, 1.54) is 0 Å². The van der Waals surface area contributed by atoms with Crippen LogP contribution in [0.25, 0.3) is 10.9 Å². The molecule has 1 heterocycles. The molecule has 0 aliphatic rings. The van der Waals surface area contributed by atoms with Crippen LogP contribution in [0.15, 0.2) is 36.4 Å². The highest BCUT2D eigenvalue weighted by molar-refractivity contribution is 5.81. The van der Waals surface area contributed by atoms with Gasteiger partial charge in [-0.2, -0.15) is 0 Å². The molecule has 100 valence electrons. The molecule has 0 aliphatic carbocycles. The van der Waals surface area contributed by atoms with Crippen LogP contribution in [0.5, 0.6) is 0 Å². The number of para-hydroxylation sites is 1. The van der Waals surface area contributed by atoms with Crippen LogP contribution >= 0.6 is 0 Å². The normalized spacial score (nSPS) is 10.9. The van der Waals surface area contributed by atoms with Crippen LogP contribution < -0.4 is 5.32 Å². The van der Waals surface area contributed by atoms with E-state index in [-0.39, 0.29) is 5.91 Å². The maximum atomic E-state index is 11.8. The van der Waals surface area contributed by atoms with E-state index in [2.05, 4.69) is 10.3 Å². The third kappa shape index (κ3) is 4.03. The van der Waals surface area contributed by atoms with Gasteiger partial charge in [0.05, 0.1) is 17.6 Å². The Morgan fingerprint density at radius 3 is 2.79 bits per heavy atom. The zero-order valence-electron chi connectivity index (χ0n) is 11.4. The van der Waals surface area contributed by atoms with Gasteiger partial charge in [-0.05, 0) is 26.2 Å². The summed E-state index contributed by atoms with van der Waals surface area (Å²) in [6.07, 6.45) is 0.332. The van der Waals surface area contributed by atoms with Gasteiger partial charge in [-0.1, -0.05) is 24.3 Å². The van der Waals surface area contributed by atoms with Crippen molar-refractivity contribution in [2.45, 2.75) is 6.42 Å². The SMILES string of the molecule is CN(C)CCNC(=O)Cc1ccc2ccccc2n1. The number of hydrogen-bond donors (Lipinski definition) is 1. The zero-order valence-corrected chi connectivity index (χ0v) is 11.4. The number of aromatic nitrogens is 1. The van der Waals surface area contributed by atoms with E-state index in [0.29, 0.717) is 13.0 Å². The van der Waals surface area contributed by atoms with Crippen LogP contribution in [0, 0.1) is 0 Å². The highest BCUT2D eigenvalue weighted by Crippen LogP contribution is 2.11. The predicted molar refractivity (Wildman–Crippen MR) is 77.0 cm³/mol. The summed E-state index contributed by atoms with van der Waals surface area (Å²) in [7, 11) is 3.97. The molecule has 2 rings (SSSR count). The third-order valence-corrected chi connectivity index (χ3v) is 2.88. The standard InChI is InChI=1S/C15H19N3O/c1-18(2)10-9-16-15(19)11-13-8-7-12-5-3-4-6-14(12)17-13/h3-8H,9-11H2,1-2H3,(H,16,19). The summed E-state index contributed by atoms with van der Waals surface area (Å²) in [6, 6.07) is 11.8. The molecule has 2 aromatic rings. The minimum Gasteiger partial charge on any atom is -0.354 e. The Balaban J connectivity index is 1.95. The first kappa shape index (κ1) is 13.5. The molecule has 4 heteroatoms. The van der Waals surface area contributed by atoms with Gasteiger partial charge in [0.2, 0.25) is 5.91 Å². The second-order valence-electron chi connectivity index (χ2n) is 4.83. The average molecular weight is 257 g/mol. The molecule has 0 saturated carbocycles. The van der Waals surface area contributed by atoms with Gasteiger partial charge in [0.1, 0.15) is 0 Å². The molecule has 19 heavy (non-hydrogen) atoms. The molecule has 1 N–H and O–H groups in total. The number of likely N-dealkylation sites (N-methyl/N-ethyl adjacent to an activating group) is 1. The highest BCUT2D eigenvalue weighted by Gasteiger charge is 2.05. The van der Waals surface area contributed by atoms with E-state index in [4.69, 9.17) is 0 Å². The minimum atomic E-state index is 0.0182. The maximum Gasteiger partial charge on any atom is 0.226 e. The Kier molecular flexibility index (Phi) is 4.47. The summed E-state index contributed by atoms with van der Waals surface area (Å²) in [4.78, 5) is 18.3. The Morgan fingerprint density at radius 1 is 1.21 bits per heavy atom. The van der Waals surface area contributed by atoms with Gasteiger partial charge in [-0.3, -0.25) is 9.78 Å². The number of nitrogens with one attached hydrogen (secondary N) is 1. The molecule has 0 spiro atoms. The molecule has 1 aromatic carbocycles. The first-order chi connectivity index (χ1) is 9.15. The Hall–Kier alpha value is -1.94. The predicted octanol–water partition coefficient (Wildman–Crippen LogP) is 1.46. The molecule has 0 unspecified atom stereocenters. The van der Waals surface area contributed by atoms with Crippen LogP contribution in [-0.2, 0) is 11.2 Å². The molecule has 0 radical (unpaired) electrons. The summed E-state index contributed by atoms with van der Waals surface area (Å²) in [5, 5.41) is 3.99. The van der Waals surface area contributed by atoms with E-state index in [9.17, 15) is 4.79 Å². The van der Waals surface area contributed by atoms with Crippen molar-refractivity contribution in [1.82, 2.24) is 15.2 Å². The number of pyridine rings is 1. The highest BCUT2D eigenvalue weighted by atomic mass is 16.1. The monoisotopic (exact) mass is 257 g/mol. The summed E-state index contributed by atoms with van der Waals surface area (Å²) in [6.45, 7) is 1.51. The first-order valence-electron chi connectivity index (χ1n) is 6.41. The van der Waals surface area contributed by atoms with Gasteiger partial charge in [0, 0.05) is 18.5 Å². The van der Waals surface area contributed by atoms with Crippen LogP contribution in [0.3, 0.4) is 0 Å². The van der Waals surface area contributed by atoms with Crippen molar-refractivity contribution in [3.8, 4) is 0 Å². The van der Waals surface area contributed by atoms with Crippen LogP contribution in [-0.4, -0.2) is 43.0 Å². The van der Waals surface area contributed by atoms with Gasteiger partial charge >= 0.3 is 0 Å². The molecule has 0 fully saturated rings. The molecular formula is C15H19N3O.